The zero-order chi connectivity index (χ0) is 18.2. The molecule has 3 N–H and O–H groups in total. The van der Waals surface area contributed by atoms with Gasteiger partial charge >= 0.3 is 0 Å². The van der Waals surface area contributed by atoms with Gasteiger partial charge in [-0.3, -0.25) is 15.6 Å². The number of hydrazine groups is 1. The van der Waals surface area contributed by atoms with E-state index in [1.165, 1.54) is 6.08 Å². The lowest BCUT2D eigenvalue weighted by Gasteiger charge is -2.11. The molecule has 0 spiro atoms. The zero-order valence-corrected chi connectivity index (χ0v) is 15.7. The van der Waals surface area contributed by atoms with Crippen molar-refractivity contribution >= 4 is 40.3 Å². The number of amides is 1. The van der Waals surface area contributed by atoms with Gasteiger partial charge < -0.3 is 9.73 Å². The summed E-state index contributed by atoms with van der Waals surface area (Å²) in [5.41, 5.74) is 7.02. The molecular formula is C19H25N3O2S. The molecule has 0 aliphatic rings. The van der Waals surface area contributed by atoms with Crippen LogP contribution in [0.1, 0.15) is 38.5 Å². The van der Waals surface area contributed by atoms with E-state index in [0.29, 0.717) is 11.0 Å². The molecule has 0 saturated carbocycles. The maximum Gasteiger partial charge on any atom is 0.262 e. The molecule has 1 aromatic heterocycles. The van der Waals surface area contributed by atoms with E-state index in [0.717, 1.165) is 41.7 Å². The van der Waals surface area contributed by atoms with Crippen LogP contribution in [0.5, 0.6) is 0 Å². The Hall–Kier alpha value is -2.34. The highest BCUT2D eigenvalue weighted by Crippen LogP contribution is 2.27. The maximum atomic E-state index is 12.0. The van der Waals surface area contributed by atoms with Gasteiger partial charge in [-0.15, -0.1) is 0 Å². The van der Waals surface area contributed by atoms with Crippen molar-refractivity contribution < 1.29 is 9.21 Å². The molecule has 2 rings (SSSR count). The van der Waals surface area contributed by atoms with Gasteiger partial charge in [-0.25, -0.2) is 0 Å². The van der Waals surface area contributed by atoms with Crippen LogP contribution in [0.3, 0.4) is 0 Å². The summed E-state index contributed by atoms with van der Waals surface area (Å²) in [5, 5.41) is 4.46. The SMILES string of the molecule is CCc1oc2ccccc2c1/C=C/C(=O)NNC(=S)NCCC(C)C. The van der Waals surface area contributed by atoms with Crippen molar-refractivity contribution in [2.24, 2.45) is 5.92 Å². The van der Waals surface area contributed by atoms with Crippen molar-refractivity contribution in [2.45, 2.75) is 33.6 Å². The second-order valence-electron chi connectivity index (χ2n) is 6.17. The summed E-state index contributed by atoms with van der Waals surface area (Å²) in [6.45, 7) is 7.09. The van der Waals surface area contributed by atoms with Crippen molar-refractivity contribution in [1.82, 2.24) is 16.2 Å². The van der Waals surface area contributed by atoms with Gasteiger partial charge in [0.1, 0.15) is 11.3 Å². The van der Waals surface area contributed by atoms with Crippen molar-refractivity contribution in [3.8, 4) is 0 Å². The lowest BCUT2D eigenvalue weighted by Crippen LogP contribution is -2.46. The van der Waals surface area contributed by atoms with Crippen LogP contribution in [0.4, 0.5) is 0 Å². The quantitative estimate of drug-likeness (QED) is 0.418. The maximum absolute atomic E-state index is 12.0. The molecule has 0 atom stereocenters. The van der Waals surface area contributed by atoms with E-state index in [2.05, 4.69) is 30.0 Å². The number of nitrogens with one attached hydrogen (secondary N) is 3. The molecule has 0 bridgehead atoms. The van der Waals surface area contributed by atoms with Crippen LogP contribution >= 0.6 is 12.2 Å². The summed E-state index contributed by atoms with van der Waals surface area (Å²) < 4.78 is 5.81. The number of carbonyl (C=O) groups excluding carboxylic acids is 1. The summed E-state index contributed by atoms with van der Waals surface area (Å²) >= 11 is 5.12. The fraction of sp³-hybridized carbons (Fsp3) is 0.368. The zero-order valence-electron chi connectivity index (χ0n) is 14.9. The second-order valence-corrected chi connectivity index (χ2v) is 6.58. The van der Waals surface area contributed by atoms with E-state index in [4.69, 9.17) is 16.6 Å². The lowest BCUT2D eigenvalue weighted by atomic mass is 10.1. The van der Waals surface area contributed by atoms with Crippen LogP contribution in [0.2, 0.25) is 0 Å². The molecule has 6 heteroatoms. The lowest BCUT2D eigenvalue weighted by molar-refractivity contribution is -0.116. The third kappa shape index (κ3) is 5.60. The molecular weight excluding hydrogens is 334 g/mol. The second kappa shape index (κ2) is 9.22. The number of hydrogen-bond donors (Lipinski definition) is 3. The molecule has 0 fully saturated rings. The first-order valence-corrected chi connectivity index (χ1v) is 8.94. The first-order chi connectivity index (χ1) is 12.0. The minimum Gasteiger partial charge on any atom is -0.460 e. The fourth-order valence-electron chi connectivity index (χ4n) is 2.40. The van der Waals surface area contributed by atoms with E-state index < -0.39 is 0 Å². The first kappa shape index (κ1) is 19.0. The highest BCUT2D eigenvalue weighted by Gasteiger charge is 2.10. The van der Waals surface area contributed by atoms with Gasteiger partial charge in [-0.1, -0.05) is 39.0 Å². The molecule has 0 aliphatic heterocycles. The first-order valence-electron chi connectivity index (χ1n) is 8.53. The van der Waals surface area contributed by atoms with Crippen molar-refractivity contribution in [1.29, 1.82) is 0 Å². The number of fused-ring (bicyclic) bond motifs is 1. The Morgan fingerprint density at radius 2 is 2.04 bits per heavy atom. The average molecular weight is 359 g/mol. The van der Waals surface area contributed by atoms with Crippen molar-refractivity contribution in [3.05, 3.63) is 41.7 Å². The molecule has 0 radical (unpaired) electrons. The summed E-state index contributed by atoms with van der Waals surface area (Å²) in [6.07, 6.45) is 5.03. The molecule has 1 heterocycles. The Kier molecular flexibility index (Phi) is 7.01. The number of carbonyl (C=O) groups is 1. The molecule has 25 heavy (non-hydrogen) atoms. The molecule has 0 unspecified atom stereocenters. The smallest absolute Gasteiger partial charge is 0.262 e. The Morgan fingerprint density at radius 1 is 1.28 bits per heavy atom. The average Bonchev–Trinajstić information content (AvgIpc) is 2.95. The van der Waals surface area contributed by atoms with Crippen LogP contribution in [0.15, 0.2) is 34.8 Å². The van der Waals surface area contributed by atoms with Gasteiger partial charge in [0.15, 0.2) is 5.11 Å². The number of aryl methyl sites for hydroxylation is 1. The molecule has 1 aromatic carbocycles. The fourth-order valence-corrected chi connectivity index (χ4v) is 2.55. The van der Waals surface area contributed by atoms with Gasteiger partial charge in [0.05, 0.1) is 0 Å². The Bertz CT molecular complexity index is 765. The summed E-state index contributed by atoms with van der Waals surface area (Å²) in [6, 6.07) is 7.80. The number of rotatable bonds is 6. The highest BCUT2D eigenvalue weighted by atomic mass is 32.1. The molecule has 2 aromatic rings. The summed E-state index contributed by atoms with van der Waals surface area (Å²) in [4.78, 5) is 12.0. The van der Waals surface area contributed by atoms with Crippen LogP contribution in [0.25, 0.3) is 17.0 Å². The number of furan rings is 1. The Balaban J connectivity index is 1.91. The van der Waals surface area contributed by atoms with Gasteiger partial charge in [-0.2, -0.15) is 0 Å². The van der Waals surface area contributed by atoms with E-state index >= 15 is 0 Å². The molecule has 1 amide bonds. The number of hydrogen-bond acceptors (Lipinski definition) is 3. The number of para-hydroxylation sites is 1. The summed E-state index contributed by atoms with van der Waals surface area (Å²) in [7, 11) is 0. The summed E-state index contributed by atoms with van der Waals surface area (Å²) in [5.74, 6) is 1.19. The van der Waals surface area contributed by atoms with E-state index in [-0.39, 0.29) is 5.91 Å². The van der Waals surface area contributed by atoms with Crippen LogP contribution < -0.4 is 16.2 Å². The van der Waals surface area contributed by atoms with Crippen molar-refractivity contribution in [3.63, 3.8) is 0 Å². The van der Waals surface area contributed by atoms with E-state index in [9.17, 15) is 4.79 Å². The van der Waals surface area contributed by atoms with Gasteiger partial charge in [0, 0.05) is 30.0 Å². The standard InChI is InChI=1S/C19H25N3O2S/c1-4-16-15(14-7-5-6-8-17(14)24-16)9-10-18(23)21-22-19(25)20-12-11-13(2)3/h5-10,13H,4,11-12H2,1-3H3,(H,21,23)(H2,20,22,25)/b10-9+. The normalized spacial score (nSPS) is 11.2. The number of thiocarbonyl (C=S) groups is 1. The van der Waals surface area contributed by atoms with Crippen LogP contribution in [0, 0.1) is 5.92 Å². The van der Waals surface area contributed by atoms with E-state index in [1.54, 1.807) is 6.08 Å². The Morgan fingerprint density at radius 3 is 2.76 bits per heavy atom. The van der Waals surface area contributed by atoms with Crippen LogP contribution in [-0.2, 0) is 11.2 Å². The monoisotopic (exact) mass is 359 g/mol. The predicted molar refractivity (Wildman–Crippen MR) is 106 cm³/mol. The third-order valence-corrected chi connectivity index (χ3v) is 3.99. The van der Waals surface area contributed by atoms with Gasteiger partial charge in [-0.05, 0) is 36.7 Å². The highest BCUT2D eigenvalue weighted by molar-refractivity contribution is 7.80. The topological polar surface area (TPSA) is 66.3 Å². The van der Waals surface area contributed by atoms with Gasteiger partial charge in [0.25, 0.3) is 5.91 Å². The minimum atomic E-state index is -0.277. The van der Waals surface area contributed by atoms with Gasteiger partial charge in [0.2, 0.25) is 0 Å². The largest absolute Gasteiger partial charge is 0.460 e. The predicted octanol–water partition coefficient (Wildman–Crippen LogP) is 3.55. The minimum absolute atomic E-state index is 0.277. The van der Waals surface area contributed by atoms with E-state index in [1.807, 2.05) is 31.2 Å². The molecule has 0 aliphatic carbocycles. The van der Waals surface area contributed by atoms with Crippen LogP contribution in [-0.4, -0.2) is 17.6 Å². The molecule has 5 nitrogen and oxygen atoms in total. The Labute approximate surface area is 153 Å². The third-order valence-electron chi connectivity index (χ3n) is 3.74. The van der Waals surface area contributed by atoms with Crippen molar-refractivity contribution in [2.75, 3.05) is 6.54 Å². The molecule has 0 saturated heterocycles. The molecule has 134 valence electrons. The number of benzene rings is 1.